The molecule has 0 bridgehead atoms. The normalized spacial score (nSPS) is 9.24. The smallest absolute Gasteiger partial charge is 0.303 e. The summed E-state index contributed by atoms with van der Waals surface area (Å²) < 4.78 is 0. The third-order valence-corrected chi connectivity index (χ3v) is 5.98. The van der Waals surface area contributed by atoms with Gasteiger partial charge in [-0.05, 0) is 25.7 Å². The zero-order valence-electron chi connectivity index (χ0n) is 27.1. The molecule has 8 nitrogen and oxygen atoms in total. The van der Waals surface area contributed by atoms with Gasteiger partial charge in [-0.2, -0.15) is 0 Å². The number of carboxylic acids is 4. The summed E-state index contributed by atoms with van der Waals surface area (Å²) in [5.41, 5.74) is 0. The van der Waals surface area contributed by atoms with Crippen molar-refractivity contribution in [2.75, 3.05) is 0 Å². The van der Waals surface area contributed by atoms with Gasteiger partial charge in [-0.15, -0.1) is 0 Å². The Labute approximate surface area is 283 Å². The molecule has 42 heavy (non-hydrogen) atoms. The predicted molar refractivity (Wildman–Crippen MR) is 164 cm³/mol. The van der Waals surface area contributed by atoms with Crippen LogP contribution in [0.4, 0.5) is 0 Å². The van der Waals surface area contributed by atoms with E-state index < -0.39 is 23.9 Å². The molecule has 0 saturated heterocycles. The van der Waals surface area contributed by atoms with E-state index in [0.29, 0.717) is 25.7 Å². The minimum absolute atomic E-state index is 0. The molecular formula is C32H64O8Rh2. The standard InChI is InChI=1S/4C8H16O2.2Rh/c4*1-2-3-4-5-6-7-8(9)10;;/h4*2-7H2,1H3,(H,9,10);;. The van der Waals surface area contributed by atoms with Crippen LogP contribution in [0.3, 0.4) is 0 Å². The Hall–Kier alpha value is -0.873. The number of unbranched alkanes of at least 4 members (excludes halogenated alkanes) is 16. The summed E-state index contributed by atoms with van der Waals surface area (Å²) in [5.74, 6) is -2.68. The number of hydrogen-bond acceptors (Lipinski definition) is 4. The van der Waals surface area contributed by atoms with Crippen molar-refractivity contribution >= 4 is 23.9 Å². The Balaban J connectivity index is -0.000000101. The van der Waals surface area contributed by atoms with Gasteiger partial charge in [0.2, 0.25) is 0 Å². The van der Waals surface area contributed by atoms with Gasteiger partial charge in [-0.25, -0.2) is 0 Å². The van der Waals surface area contributed by atoms with E-state index in [1.165, 1.54) is 77.0 Å². The quantitative estimate of drug-likeness (QED) is 0.0559. The summed E-state index contributed by atoms with van der Waals surface area (Å²) in [7, 11) is 0. The molecule has 10 heteroatoms. The third kappa shape index (κ3) is 77.3. The Morgan fingerprint density at radius 3 is 0.571 bits per heavy atom. The molecular weight excluding hydrogens is 718 g/mol. The molecule has 0 heterocycles. The zero-order chi connectivity index (χ0) is 31.3. The van der Waals surface area contributed by atoms with Crippen molar-refractivity contribution in [1.82, 2.24) is 0 Å². The van der Waals surface area contributed by atoms with Crippen LogP contribution < -0.4 is 0 Å². The fourth-order valence-corrected chi connectivity index (χ4v) is 3.52. The first kappa shape index (κ1) is 53.7. The summed E-state index contributed by atoms with van der Waals surface area (Å²) in [6, 6.07) is 0. The second kappa shape index (κ2) is 49.8. The molecule has 0 aliphatic carbocycles. The Kier molecular flexibility index (Phi) is 63.6. The molecule has 258 valence electrons. The van der Waals surface area contributed by atoms with Gasteiger partial charge in [-0.1, -0.05) is 130 Å². The van der Waals surface area contributed by atoms with E-state index in [1.54, 1.807) is 0 Å². The predicted octanol–water partition coefficient (Wildman–Crippen LogP) is 9.72. The number of aliphatic carboxylic acids is 4. The average Bonchev–Trinajstić information content (AvgIpc) is 2.89. The van der Waals surface area contributed by atoms with Gasteiger partial charge < -0.3 is 20.4 Å². The Morgan fingerprint density at radius 2 is 0.452 bits per heavy atom. The van der Waals surface area contributed by atoms with Crippen molar-refractivity contribution in [3.8, 4) is 0 Å². The molecule has 0 fully saturated rings. The summed E-state index contributed by atoms with van der Waals surface area (Å²) in [4.78, 5) is 40.1. The molecule has 0 aromatic rings. The van der Waals surface area contributed by atoms with Gasteiger partial charge in [0.25, 0.3) is 0 Å². The van der Waals surface area contributed by atoms with Crippen LogP contribution in [0.2, 0.25) is 0 Å². The second-order valence-corrected chi connectivity index (χ2v) is 10.2. The Morgan fingerprint density at radius 1 is 0.310 bits per heavy atom. The molecule has 0 aliphatic heterocycles. The SMILES string of the molecule is CCCCCCCC(=O)O.CCCCCCCC(=O)O.CCCCCCCC(=O)O.CCCCCCCC(=O)O.[Rh].[Rh]. The monoisotopic (exact) mass is 782 g/mol. The maximum atomic E-state index is 10.0. The fraction of sp³-hybridized carbons (Fsp3) is 0.875. The first-order valence-electron chi connectivity index (χ1n) is 16.0. The van der Waals surface area contributed by atoms with Crippen molar-refractivity contribution in [3.05, 3.63) is 0 Å². The van der Waals surface area contributed by atoms with Gasteiger partial charge >= 0.3 is 23.9 Å². The topological polar surface area (TPSA) is 149 Å². The van der Waals surface area contributed by atoms with E-state index in [9.17, 15) is 19.2 Å². The summed E-state index contributed by atoms with van der Waals surface area (Å²) >= 11 is 0. The van der Waals surface area contributed by atoms with E-state index in [4.69, 9.17) is 20.4 Å². The summed E-state index contributed by atoms with van der Waals surface area (Å²) in [5, 5.41) is 33.1. The molecule has 2 radical (unpaired) electrons. The van der Waals surface area contributed by atoms with Gasteiger partial charge in [0.1, 0.15) is 0 Å². The number of hydrogen-bond donors (Lipinski definition) is 4. The van der Waals surface area contributed by atoms with E-state index >= 15 is 0 Å². The van der Waals surface area contributed by atoms with E-state index in [0.717, 1.165) is 51.4 Å². The maximum absolute atomic E-state index is 10.0. The van der Waals surface area contributed by atoms with Crippen molar-refractivity contribution in [1.29, 1.82) is 0 Å². The molecule has 0 aromatic heterocycles. The van der Waals surface area contributed by atoms with E-state index in [2.05, 4.69) is 27.7 Å². The van der Waals surface area contributed by atoms with Gasteiger partial charge in [0, 0.05) is 64.6 Å². The van der Waals surface area contributed by atoms with Crippen LogP contribution in [-0.2, 0) is 58.1 Å². The van der Waals surface area contributed by atoms with E-state index in [1.807, 2.05) is 0 Å². The van der Waals surface area contributed by atoms with Crippen LogP contribution in [0, 0.1) is 0 Å². The Bertz CT molecular complexity index is 465. The summed E-state index contributed by atoms with van der Waals surface area (Å²) in [6.07, 6.45) is 23.5. The summed E-state index contributed by atoms with van der Waals surface area (Å²) in [6.45, 7) is 8.60. The van der Waals surface area contributed by atoms with Crippen molar-refractivity contribution in [2.24, 2.45) is 0 Å². The first-order valence-corrected chi connectivity index (χ1v) is 16.0. The maximum Gasteiger partial charge on any atom is 0.303 e. The molecule has 0 aliphatic rings. The zero-order valence-corrected chi connectivity index (χ0v) is 30.3. The first-order chi connectivity index (χ1) is 19.1. The van der Waals surface area contributed by atoms with Crippen molar-refractivity contribution < 1.29 is 78.6 Å². The largest absolute Gasteiger partial charge is 0.481 e. The average molecular weight is 783 g/mol. The van der Waals surface area contributed by atoms with Crippen LogP contribution in [0.25, 0.3) is 0 Å². The number of carboxylic acid groups (broad SMARTS) is 4. The van der Waals surface area contributed by atoms with Crippen molar-refractivity contribution in [2.45, 2.75) is 182 Å². The van der Waals surface area contributed by atoms with E-state index in [-0.39, 0.29) is 39.0 Å². The molecule has 0 unspecified atom stereocenters. The van der Waals surface area contributed by atoms with Crippen LogP contribution in [0.15, 0.2) is 0 Å². The number of carbonyl (C=O) groups is 4. The second-order valence-electron chi connectivity index (χ2n) is 10.2. The van der Waals surface area contributed by atoms with Crippen LogP contribution in [0.5, 0.6) is 0 Å². The van der Waals surface area contributed by atoms with Crippen molar-refractivity contribution in [3.63, 3.8) is 0 Å². The minimum Gasteiger partial charge on any atom is -0.481 e. The molecule has 0 atom stereocenters. The van der Waals surface area contributed by atoms with Crippen LogP contribution in [-0.4, -0.2) is 44.3 Å². The molecule has 0 aromatic carbocycles. The van der Waals surface area contributed by atoms with Crippen LogP contribution in [0.1, 0.15) is 182 Å². The van der Waals surface area contributed by atoms with Gasteiger partial charge in [-0.3, -0.25) is 19.2 Å². The minimum atomic E-state index is -0.670. The molecule has 0 saturated carbocycles. The van der Waals surface area contributed by atoms with Gasteiger partial charge in [0.05, 0.1) is 0 Å². The third-order valence-electron chi connectivity index (χ3n) is 5.98. The number of rotatable bonds is 24. The van der Waals surface area contributed by atoms with Crippen LogP contribution >= 0.6 is 0 Å². The fourth-order valence-electron chi connectivity index (χ4n) is 3.52. The molecule has 4 N–H and O–H groups in total. The molecule has 0 amide bonds. The molecule has 0 rings (SSSR count). The van der Waals surface area contributed by atoms with Gasteiger partial charge in [0.15, 0.2) is 0 Å². The molecule has 0 spiro atoms.